The van der Waals surface area contributed by atoms with Crippen LogP contribution in [0.4, 0.5) is 4.79 Å². The number of imide groups is 1. The van der Waals surface area contributed by atoms with E-state index in [4.69, 9.17) is 16.3 Å². The Bertz CT molecular complexity index is 1180. The first-order chi connectivity index (χ1) is 14.9. The number of cyclic esters (lactones) is 1. The van der Waals surface area contributed by atoms with Crippen LogP contribution in [0.15, 0.2) is 36.7 Å². The van der Waals surface area contributed by atoms with Crippen LogP contribution in [0.3, 0.4) is 0 Å². The van der Waals surface area contributed by atoms with Gasteiger partial charge in [0.05, 0.1) is 16.8 Å². The molecule has 5 rings (SSSR count). The van der Waals surface area contributed by atoms with Crippen LogP contribution in [-0.4, -0.2) is 32.9 Å². The van der Waals surface area contributed by atoms with Crippen LogP contribution in [0.1, 0.15) is 48.8 Å². The lowest BCUT2D eigenvalue weighted by atomic mass is 9.71. The molecule has 31 heavy (non-hydrogen) atoms. The Kier molecular flexibility index (Phi) is 4.98. The number of fused-ring (bicyclic) bond motifs is 3. The summed E-state index contributed by atoms with van der Waals surface area (Å²) in [5.41, 5.74) is 1.39. The number of halogens is 1. The van der Waals surface area contributed by atoms with E-state index in [1.54, 1.807) is 11.3 Å². The number of amides is 2. The Morgan fingerprint density at radius 1 is 1.32 bits per heavy atom. The van der Waals surface area contributed by atoms with Crippen LogP contribution in [0, 0.1) is 5.41 Å². The molecule has 0 saturated carbocycles. The van der Waals surface area contributed by atoms with Gasteiger partial charge in [-0.25, -0.2) is 19.7 Å². The number of thiophene rings is 1. The topological polar surface area (TPSA) is 72.4 Å². The van der Waals surface area contributed by atoms with Crippen molar-refractivity contribution in [3.8, 4) is 0 Å². The first kappa shape index (κ1) is 20.4. The van der Waals surface area contributed by atoms with Crippen molar-refractivity contribution in [2.75, 3.05) is 0 Å². The number of hydrogen-bond acceptors (Lipinski definition) is 6. The summed E-state index contributed by atoms with van der Waals surface area (Å²) >= 11 is 7.91. The van der Waals surface area contributed by atoms with Crippen molar-refractivity contribution in [1.82, 2.24) is 14.9 Å². The maximum atomic E-state index is 13.8. The molecule has 160 valence electrons. The van der Waals surface area contributed by atoms with E-state index in [0.29, 0.717) is 30.8 Å². The van der Waals surface area contributed by atoms with Crippen molar-refractivity contribution in [3.05, 3.63) is 57.8 Å². The molecular formula is C23H22ClN3O3S. The van der Waals surface area contributed by atoms with Crippen molar-refractivity contribution in [2.45, 2.75) is 51.7 Å². The summed E-state index contributed by atoms with van der Waals surface area (Å²) in [5, 5.41) is 1.36. The number of aryl methyl sites for hydroxylation is 1. The second-order valence-electron chi connectivity index (χ2n) is 8.29. The predicted molar refractivity (Wildman–Crippen MR) is 119 cm³/mol. The van der Waals surface area contributed by atoms with Gasteiger partial charge in [-0.1, -0.05) is 48.9 Å². The highest BCUT2D eigenvalue weighted by molar-refractivity contribution is 7.19. The fraction of sp³-hybridized carbons (Fsp3) is 0.391. The number of hydrogen-bond donors (Lipinski definition) is 0. The Balaban J connectivity index is 1.47. The molecule has 2 aromatic heterocycles. The fourth-order valence-electron chi connectivity index (χ4n) is 4.88. The number of carbonyl (C=O) groups excluding carboxylic acids is 2. The normalized spacial score (nSPS) is 25.5. The third kappa shape index (κ3) is 3.13. The molecule has 2 aliphatic rings. The van der Waals surface area contributed by atoms with Gasteiger partial charge in [0.1, 0.15) is 22.4 Å². The molecule has 0 N–H and O–H groups in total. The second-order valence-corrected chi connectivity index (χ2v) is 9.73. The molecule has 3 atom stereocenters. The summed E-state index contributed by atoms with van der Waals surface area (Å²) in [4.78, 5) is 38.4. The number of benzene rings is 1. The highest BCUT2D eigenvalue weighted by Crippen LogP contribution is 2.47. The number of rotatable bonds is 3. The summed E-state index contributed by atoms with van der Waals surface area (Å²) in [7, 11) is 0. The van der Waals surface area contributed by atoms with E-state index < -0.39 is 17.6 Å². The van der Waals surface area contributed by atoms with Gasteiger partial charge in [0.2, 0.25) is 5.91 Å². The van der Waals surface area contributed by atoms with Crippen LogP contribution >= 0.6 is 22.9 Å². The molecule has 0 radical (unpaired) electrons. The van der Waals surface area contributed by atoms with E-state index in [9.17, 15) is 9.59 Å². The van der Waals surface area contributed by atoms with Gasteiger partial charge in [0.25, 0.3) is 0 Å². The quantitative estimate of drug-likeness (QED) is 0.498. The molecule has 3 aromatic rings. The standard InChI is InChI=1S/C23H22ClN3O3S/c1-3-23(10-9-15-16(11-23)31-20-17(15)19(24)25-12-26-20)21(28)27-13(2)18(30-22(27)29)14-7-5-4-6-8-14/h4-8,12-13,18H,3,9-11H2,1-2H3/t13-,18-,23-/m0/s1. The minimum absolute atomic E-state index is 0.147. The van der Waals surface area contributed by atoms with E-state index in [1.807, 2.05) is 44.2 Å². The van der Waals surface area contributed by atoms with Crippen molar-refractivity contribution >= 4 is 45.2 Å². The van der Waals surface area contributed by atoms with Gasteiger partial charge < -0.3 is 4.74 Å². The molecular weight excluding hydrogens is 434 g/mol. The van der Waals surface area contributed by atoms with Crippen LogP contribution in [0.2, 0.25) is 5.15 Å². The smallest absolute Gasteiger partial charge is 0.417 e. The van der Waals surface area contributed by atoms with Crippen molar-refractivity contribution in [2.24, 2.45) is 5.41 Å². The number of nitrogens with zero attached hydrogens (tertiary/aromatic N) is 3. The first-order valence-corrected chi connectivity index (χ1v) is 11.6. The Morgan fingerprint density at radius 3 is 2.84 bits per heavy atom. The summed E-state index contributed by atoms with van der Waals surface area (Å²) in [6.45, 7) is 3.90. The summed E-state index contributed by atoms with van der Waals surface area (Å²) in [6, 6.07) is 9.22. The van der Waals surface area contributed by atoms with Crippen LogP contribution in [-0.2, 0) is 22.4 Å². The molecule has 1 saturated heterocycles. The van der Waals surface area contributed by atoms with Gasteiger partial charge in [-0.2, -0.15) is 0 Å². The van der Waals surface area contributed by atoms with E-state index in [2.05, 4.69) is 9.97 Å². The predicted octanol–water partition coefficient (Wildman–Crippen LogP) is 5.34. The number of carbonyl (C=O) groups is 2. The van der Waals surface area contributed by atoms with Gasteiger partial charge in [0, 0.05) is 4.88 Å². The second kappa shape index (κ2) is 7.57. The summed E-state index contributed by atoms with van der Waals surface area (Å²) in [5.74, 6) is -0.147. The SMILES string of the molecule is CC[C@]1(C(=O)N2C(=O)O[C@H](c3ccccc3)[C@@H]2C)CCc2c(sc3ncnc(Cl)c23)C1. The van der Waals surface area contributed by atoms with Gasteiger partial charge in [-0.15, -0.1) is 11.3 Å². The minimum atomic E-state index is -0.646. The first-order valence-electron chi connectivity index (χ1n) is 10.4. The third-order valence-electron chi connectivity index (χ3n) is 6.72. The minimum Gasteiger partial charge on any atom is -0.439 e. The number of ether oxygens (including phenoxy) is 1. The molecule has 8 heteroatoms. The van der Waals surface area contributed by atoms with E-state index in [1.165, 1.54) is 11.2 Å². The fourth-order valence-corrected chi connectivity index (χ4v) is 6.51. The number of aromatic nitrogens is 2. The molecule has 1 fully saturated rings. The Labute approximate surface area is 189 Å². The maximum absolute atomic E-state index is 13.8. The molecule has 1 aliphatic heterocycles. The lowest BCUT2D eigenvalue weighted by Crippen LogP contribution is -2.49. The van der Waals surface area contributed by atoms with Crippen molar-refractivity contribution in [1.29, 1.82) is 0 Å². The van der Waals surface area contributed by atoms with Crippen LogP contribution in [0.5, 0.6) is 0 Å². The molecule has 0 spiro atoms. The molecule has 0 bridgehead atoms. The molecule has 0 unspecified atom stereocenters. The molecule has 1 aromatic carbocycles. The monoisotopic (exact) mass is 455 g/mol. The molecule has 2 amide bonds. The molecule has 6 nitrogen and oxygen atoms in total. The highest BCUT2D eigenvalue weighted by atomic mass is 35.5. The van der Waals surface area contributed by atoms with Gasteiger partial charge in [-0.3, -0.25) is 4.79 Å². The highest BCUT2D eigenvalue weighted by Gasteiger charge is 2.51. The zero-order valence-electron chi connectivity index (χ0n) is 17.3. The zero-order chi connectivity index (χ0) is 21.8. The lowest BCUT2D eigenvalue weighted by molar-refractivity contribution is -0.141. The average Bonchev–Trinajstić information content (AvgIpc) is 3.30. The summed E-state index contributed by atoms with van der Waals surface area (Å²) in [6.07, 6.45) is 3.03. The zero-order valence-corrected chi connectivity index (χ0v) is 18.9. The molecule has 1 aliphatic carbocycles. The Hall–Kier alpha value is -2.51. The van der Waals surface area contributed by atoms with Crippen molar-refractivity contribution < 1.29 is 14.3 Å². The Morgan fingerprint density at radius 2 is 2.10 bits per heavy atom. The average molecular weight is 456 g/mol. The van der Waals surface area contributed by atoms with Gasteiger partial charge >= 0.3 is 6.09 Å². The van der Waals surface area contributed by atoms with Crippen LogP contribution < -0.4 is 0 Å². The van der Waals surface area contributed by atoms with E-state index >= 15 is 0 Å². The molecule has 3 heterocycles. The van der Waals surface area contributed by atoms with E-state index in [0.717, 1.165) is 26.2 Å². The van der Waals surface area contributed by atoms with Crippen LogP contribution in [0.25, 0.3) is 10.2 Å². The largest absolute Gasteiger partial charge is 0.439 e. The maximum Gasteiger partial charge on any atom is 0.417 e. The summed E-state index contributed by atoms with van der Waals surface area (Å²) < 4.78 is 5.64. The van der Waals surface area contributed by atoms with Gasteiger partial charge in [0.15, 0.2) is 0 Å². The third-order valence-corrected chi connectivity index (χ3v) is 8.15. The lowest BCUT2D eigenvalue weighted by Gasteiger charge is -2.37. The van der Waals surface area contributed by atoms with Crippen molar-refractivity contribution in [3.63, 3.8) is 0 Å². The van der Waals surface area contributed by atoms with E-state index in [-0.39, 0.29) is 11.9 Å². The van der Waals surface area contributed by atoms with Gasteiger partial charge in [-0.05, 0) is 43.7 Å².